The van der Waals surface area contributed by atoms with Crippen LogP contribution in [0, 0.1) is 6.92 Å². The average molecular weight is 291 g/mol. The topological polar surface area (TPSA) is 56.7 Å². The molecular formula is C14H15ClN4O. The van der Waals surface area contributed by atoms with E-state index >= 15 is 0 Å². The minimum atomic E-state index is -0.220. The first-order valence-electron chi connectivity index (χ1n) is 6.47. The van der Waals surface area contributed by atoms with Gasteiger partial charge in [-0.1, -0.05) is 0 Å². The zero-order valence-electron chi connectivity index (χ0n) is 11.5. The molecule has 6 heteroatoms. The van der Waals surface area contributed by atoms with E-state index in [2.05, 4.69) is 15.0 Å². The van der Waals surface area contributed by atoms with Crippen molar-refractivity contribution < 1.29 is 4.42 Å². The van der Waals surface area contributed by atoms with E-state index in [-0.39, 0.29) is 11.4 Å². The van der Waals surface area contributed by atoms with Crippen LogP contribution in [-0.2, 0) is 0 Å². The third kappa shape index (κ3) is 2.08. The molecule has 0 N–H and O–H groups in total. The van der Waals surface area contributed by atoms with E-state index in [4.69, 9.17) is 16.0 Å². The maximum absolute atomic E-state index is 6.25. The summed E-state index contributed by atoms with van der Waals surface area (Å²) in [5, 5.41) is -0.220. The van der Waals surface area contributed by atoms with Crippen LogP contribution < -0.4 is 0 Å². The second-order valence-electron chi connectivity index (χ2n) is 4.79. The first-order valence-corrected chi connectivity index (χ1v) is 6.91. The molecule has 0 aliphatic carbocycles. The van der Waals surface area contributed by atoms with Crippen molar-refractivity contribution >= 4 is 22.8 Å². The molecule has 0 bridgehead atoms. The van der Waals surface area contributed by atoms with Crippen molar-refractivity contribution in [3.05, 3.63) is 42.0 Å². The fraction of sp³-hybridized carbons (Fsp3) is 0.357. The monoisotopic (exact) mass is 290 g/mol. The van der Waals surface area contributed by atoms with Crippen LogP contribution >= 0.6 is 11.6 Å². The molecule has 0 amide bonds. The number of halogens is 1. The molecule has 0 spiro atoms. The van der Waals surface area contributed by atoms with Crippen molar-refractivity contribution in [2.75, 3.05) is 0 Å². The molecule has 0 aromatic carbocycles. The lowest BCUT2D eigenvalue weighted by Crippen LogP contribution is -2.12. The maximum Gasteiger partial charge on any atom is 0.217 e. The van der Waals surface area contributed by atoms with Gasteiger partial charge in [-0.25, -0.2) is 15.0 Å². The fourth-order valence-electron chi connectivity index (χ4n) is 2.29. The Morgan fingerprint density at radius 2 is 2.10 bits per heavy atom. The Bertz CT molecular complexity index is 747. The predicted octanol–water partition coefficient (Wildman–Crippen LogP) is 3.64. The Morgan fingerprint density at radius 3 is 2.75 bits per heavy atom. The Hall–Kier alpha value is -1.88. The molecule has 0 radical (unpaired) electrons. The number of pyridine rings is 1. The van der Waals surface area contributed by atoms with Crippen LogP contribution in [0.25, 0.3) is 11.2 Å². The summed E-state index contributed by atoms with van der Waals surface area (Å²) in [5.41, 5.74) is 1.61. The van der Waals surface area contributed by atoms with Gasteiger partial charge in [0.1, 0.15) is 23.1 Å². The van der Waals surface area contributed by atoms with Crippen LogP contribution in [-0.4, -0.2) is 19.5 Å². The van der Waals surface area contributed by atoms with E-state index in [0.29, 0.717) is 5.89 Å². The van der Waals surface area contributed by atoms with E-state index in [1.807, 2.05) is 37.5 Å². The zero-order valence-corrected chi connectivity index (χ0v) is 12.3. The highest BCUT2D eigenvalue weighted by Gasteiger charge is 2.23. The first-order chi connectivity index (χ1) is 9.58. The normalized spacial score (nSPS) is 14.6. The molecule has 3 aromatic rings. The lowest BCUT2D eigenvalue weighted by molar-refractivity contribution is 0.413. The van der Waals surface area contributed by atoms with Crippen molar-refractivity contribution in [2.45, 2.75) is 32.2 Å². The van der Waals surface area contributed by atoms with Gasteiger partial charge < -0.3 is 4.42 Å². The summed E-state index contributed by atoms with van der Waals surface area (Å²) in [6.07, 6.45) is 3.46. The minimum absolute atomic E-state index is 0.111. The SMILES string of the molecule is Cc1cnc(C(C)n2c(C(C)Cl)nc3cccnc32)o1. The molecule has 3 aromatic heterocycles. The number of aryl methyl sites for hydroxylation is 1. The van der Waals surface area contributed by atoms with Gasteiger partial charge in [-0.05, 0) is 32.9 Å². The molecule has 0 aliphatic heterocycles. The molecule has 0 saturated carbocycles. The molecule has 3 heterocycles. The summed E-state index contributed by atoms with van der Waals surface area (Å²) in [5.74, 6) is 2.18. The molecule has 0 saturated heterocycles. The molecule has 2 unspecified atom stereocenters. The summed E-state index contributed by atoms with van der Waals surface area (Å²) < 4.78 is 7.61. The summed E-state index contributed by atoms with van der Waals surface area (Å²) in [4.78, 5) is 13.3. The minimum Gasteiger partial charge on any atom is -0.444 e. The maximum atomic E-state index is 6.25. The lowest BCUT2D eigenvalue weighted by atomic mass is 10.3. The molecular weight excluding hydrogens is 276 g/mol. The number of aromatic nitrogens is 4. The molecule has 104 valence electrons. The summed E-state index contributed by atoms with van der Waals surface area (Å²) in [6, 6.07) is 3.68. The summed E-state index contributed by atoms with van der Waals surface area (Å²) in [7, 11) is 0. The van der Waals surface area contributed by atoms with Gasteiger partial charge in [0.15, 0.2) is 5.65 Å². The smallest absolute Gasteiger partial charge is 0.217 e. The van der Waals surface area contributed by atoms with Gasteiger partial charge in [-0.15, -0.1) is 11.6 Å². The standard InChI is InChI=1S/C14H15ClN4O/c1-8-7-17-14(20-8)10(3)19-12(9(2)15)18-11-5-4-6-16-13(11)19/h4-7,9-10H,1-3H3. The number of hydrogen-bond acceptors (Lipinski definition) is 4. The number of imidazole rings is 1. The Labute approximate surface area is 121 Å². The number of rotatable bonds is 3. The fourth-order valence-corrected chi connectivity index (χ4v) is 2.44. The van der Waals surface area contributed by atoms with E-state index < -0.39 is 0 Å². The van der Waals surface area contributed by atoms with Crippen molar-refractivity contribution in [3.8, 4) is 0 Å². The molecule has 20 heavy (non-hydrogen) atoms. The second-order valence-corrected chi connectivity index (χ2v) is 5.44. The number of nitrogens with zero attached hydrogens (tertiary/aromatic N) is 4. The van der Waals surface area contributed by atoms with Gasteiger partial charge in [0.2, 0.25) is 5.89 Å². The van der Waals surface area contributed by atoms with Gasteiger partial charge in [-0.3, -0.25) is 4.57 Å². The van der Waals surface area contributed by atoms with Crippen LogP contribution in [0.1, 0.15) is 42.7 Å². The largest absolute Gasteiger partial charge is 0.444 e. The van der Waals surface area contributed by atoms with Gasteiger partial charge >= 0.3 is 0 Å². The number of hydrogen-bond donors (Lipinski definition) is 0. The van der Waals surface area contributed by atoms with Crippen LogP contribution in [0.3, 0.4) is 0 Å². The lowest BCUT2D eigenvalue weighted by Gasteiger charge is -2.15. The van der Waals surface area contributed by atoms with Crippen molar-refractivity contribution in [1.82, 2.24) is 19.5 Å². The van der Waals surface area contributed by atoms with Gasteiger partial charge in [0.05, 0.1) is 11.6 Å². The predicted molar refractivity (Wildman–Crippen MR) is 76.8 cm³/mol. The van der Waals surface area contributed by atoms with E-state index in [1.54, 1.807) is 12.4 Å². The second kappa shape index (κ2) is 4.90. The number of alkyl halides is 1. The highest BCUT2D eigenvalue weighted by molar-refractivity contribution is 6.20. The Balaban J connectivity index is 2.20. The van der Waals surface area contributed by atoms with Crippen LogP contribution in [0.4, 0.5) is 0 Å². The molecule has 3 rings (SSSR count). The molecule has 2 atom stereocenters. The third-order valence-electron chi connectivity index (χ3n) is 3.22. The third-order valence-corrected chi connectivity index (χ3v) is 3.41. The van der Waals surface area contributed by atoms with Crippen LogP contribution in [0.15, 0.2) is 28.9 Å². The van der Waals surface area contributed by atoms with Crippen molar-refractivity contribution in [3.63, 3.8) is 0 Å². The van der Waals surface area contributed by atoms with E-state index in [9.17, 15) is 0 Å². The van der Waals surface area contributed by atoms with Gasteiger partial charge in [-0.2, -0.15) is 0 Å². The van der Waals surface area contributed by atoms with Crippen LogP contribution in [0.2, 0.25) is 0 Å². The van der Waals surface area contributed by atoms with Crippen molar-refractivity contribution in [1.29, 1.82) is 0 Å². The summed E-state index contributed by atoms with van der Waals surface area (Å²) in [6.45, 7) is 5.77. The quantitative estimate of drug-likeness (QED) is 0.691. The highest BCUT2D eigenvalue weighted by atomic mass is 35.5. The number of oxazole rings is 1. The molecule has 5 nitrogen and oxygen atoms in total. The summed E-state index contributed by atoms with van der Waals surface area (Å²) >= 11 is 6.25. The van der Waals surface area contributed by atoms with E-state index in [0.717, 1.165) is 22.7 Å². The van der Waals surface area contributed by atoms with E-state index in [1.165, 1.54) is 0 Å². The average Bonchev–Trinajstić information content (AvgIpc) is 3.01. The molecule has 0 aliphatic rings. The van der Waals surface area contributed by atoms with Crippen LogP contribution in [0.5, 0.6) is 0 Å². The van der Waals surface area contributed by atoms with Crippen molar-refractivity contribution in [2.24, 2.45) is 0 Å². The Kier molecular flexibility index (Phi) is 3.22. The van der Waals surface area contributed by atoms with Gasteiger partial charge in [0.25, 0.3) is 0 Å². The zero-order chi connectivity index (χ0) is 14.3. The molecule has 0 fully saturated rings. The highest BCUT2D eigenvalue weighted by Crippen LogP contribution is 2.29. The Morgan fingerprint density at radius 1 is 1.30 bits per heavy atom. The first kappa shape index (κ1) is 13.1. The number of fused-ring (bicyclic) bond motifs is 1. The van der Waals surface area contributed by atoms with Gasteiger partial charge in [0, 0.05) is 6.20 Å².